The first-order valence-electron chi connectivity index (χ1n) is 7.75. The number of nitrogens with zero attached hydrogens (tertiary/aromatic N) is 1. The van der Waals surface area contributed by atoms with Gasteiger partial charge in [0.25, 0.3) is 0 Å². The Hall–Kier alpha value is -1.49. The SMILES string of the molecule is O=S(O)c1ccc(-c2ccc(CCN3CCCC3)cc2)cc1. The van der Waals surface area contributed by atoms with Crippen LogP contribution in [-0.4, -0.2) is 33.3 Å². The molecule has 1 atom stereocenters. The molecule has 0 spiro atoms. The van der Waals surface area contributed by atoms with E-state index in [9.17, 15) is 4.21 Å². The Morgan fingerprint density at radius 1 is 0.909 bits per heavy atom. The van der Waals surface area contributed by atoms with E-state index >= 15 is 0 Å². The van der Waals surface area contributed by atoms with Gasteiger partial charge in [0, 0.05) is 6.54 Å². The summed E-state index contributed by atoms with van der Waals surface area (Å²) in [5.74, 6) is 0. The molecule has 4 heteroatoms. The Morgan fingerprint density at radius 2 is 1.45 bits per heavy atom. The quantitative estimate of drug-likeness (QED) is 0.858. The summed E-state index contributed by atoms with van der Waals surface area (Å²) in [6, 6.07) is 15.8. The van der Waals surface area contributed by atoms with E-state index in [1.54, 1.807) is 12.1 Å². The van der Waals surface area contributed by atoms with Crippen LogP contribution >= 0.6 is 0 Å². The lowest BCUT2D eigenvalue weighted by atomic mass is 10.0. The molecule has 1 heterocycles. The molecule has 1 unspecified atom stereocenters. The molecule has 116 valence electrons. The summed E-state index contributed by atoms with van der Waals surface area (Å²) in [7, 11) is 0. The summed E-state index contributed by atoms with van der Waals surface area (Å²) in [5.41, 5.74) is 3.57. The molecule has 1 saturated heterocycles. The van der Waals surface area contributed by atoms with Crippen LogP contribution in [0.1, 0.15) is 18.4 Å². The zero-order valence-electron chi connectivity index (χ0n) is 12.6. The van der Waals surface area contributed by atoms with Crippen LogP contribution in [0.2, 0.25) is 0 Å². The van der Waals surface area contributed by atoms with Crippen molar-refractivity contribution in [1.82, 2.24) is 4.90 Å². The second kappa shape index (κ2) is 7.18. The number of hydrogen-bond donors (Lipinski definition) is 1. The molecule has 0 bridgehead atoms. The Balaban J connectivity index is 1.64. The Morgan fingerprint density at radius 3 is 2.00 bits per heavy atom. The lowest BCUT2D eigenvalue weighted by Gasteiger charge is -2.14. The molecule has 1 N–H and O–H groups in total. The van der Waals surface area contributed by atoms with Gasteiger partial charge < -0.3 is 9.45 Å². The molecule has 3 nitrogen and oxygen atoms in total. The van der Waals surface area contributed by atoms with E-state index in [4.69, 9.17) is 4.55 Å². The molecular weight excluding hydrogens is 294 g/mol. The monoisotopic (exact) mass is 315 g/mol. The van der Waals surface area contributed by atoms with Gasteiger partial charge in [-0.3, -0.25) is 0 Å². The first-order valence-corrected chi connectivity index (χ1v) is 8.86. The molecule has 0 saturated carbocycles. The normalized spacial score (nSPS) is 16.8. The first kappa shape index (κ1) is 15.4. The average molecular weight is 315 g/mol. The van der Waals surface area contributed by atoms with Gasteiger partial charge in [-0.05, 0) is 61.2 Å². The summed E-state index contributed by atoms with van der Waals surface area (Å²) in [4.78, 5) is 2.97. The highest BCUT2D eigenvalue weighted by Gasteiger charge is 2.10. The van der Waals surface area contributed by atoms with Gasteiger partial charge in [0.05, 0.1) is 4.90 Å². The van der Waals surface area contributed by atoms with Gasteiger partial charge in [0.2, 0.25) is 0 Å². The lowest BCUT2D eigenvalue weighted by Crippen LogP contribution is -2.21. The van der Waals surface area contributed by atoms with E-state index in [1.165, 1.54) is 31.5 Å². The standard InChI is InChI=1S/C18H21NO2S/c20-22(21)18-9-7-17(8-10-18)16-5-3-15(4-6-16)11-14-19-12-1-2-13-19/h3-10H,1-2,11-14H2,(H,20,21). The number of likely N-dealkylation sites (tertiary alicyclic amines) is 1. The summed E-state index contributed by atoms with van der Waals surface area (Å²) in [6.07, 6.45) is 3.78. The molecule has 3 rings (SSSR count). The summed E-state index contributed by atoms with van der Waals surface area (Å²) < 4.78 is 20.0. The summed E-state index contributed by atoms with van der Waals surface area (Å²) >= 11 is -1.91. The third-order valence-electron chi connectivity index (χ3n) is 4.26. The van der Waals surface area contributed by atoms with Gasteiger partial charge in [0.1, 0.15) is 0 Å². The second-order valence-corrected chi connectivity index (χ2v) is 6.74. The molecule has 0 aromatic heterocycles. The van der Waals surface area contributed by atoms with Gasteiger partial charge in [-0.25, -0.2) is 4.21 Å². The van der Waals surface area contributed by atoms with Crippen molar-refractivity contribution in [3.8, 4) is 11.1 Å². The predicted molar refractivity (Wildman–Crippen MR) is 90.3 cm³/mol. The van der Waals surface area contributed by atoms with Crippen molar-refractivity contribution in [2.75, 3.05) is 19.6 Å². The fourth-order valence-electron chi connectivity index (χ4n) is 2.92. The number of rotatable bonds is 5. The van der Waals surface area contributed by atoms with Crippen molar-refractivity contribution in [3.63, 3.8) is 0 Å². The van der Waals surface area contributed by atoms with E-state index in [0.29, 0.717) is 4.90 Å². The van der Waals surface area contributed by atoms with Crippen LogP contribution < -0.4 is 0 Å². The fraction of sp³-hybridized carbons (Fsp3) is 0.333. The first-order chi connectivity index (χ1) is 10.7. The van der Waals surface area contributed by atoms with E-state index in [1.807, 2.05) is 12.1 Å². The third-order valence-corrected chi connectivity index (χ3v) is 4.93. The van der Waals surface area contributed by atoms with E-state index < -0.39 is 11.1 Å². The Labute approximate surface area is 134 Å². The molecule has 1 aliphatic heterocycles. The molecule has 1 aliphatic rings. The third kappa shape index (κ3) is 3.83. The highest BCUT2D eigenvalue weighted by Crippen LogP contribution is 2.21. The van der Waals surface area contributed by atoms with Crippen LogP contribution in [0.5, 0.6) is 0 Å². The second-order valence-electron chi connectivity index (χ2n) is 5.77. The molecule has 0 radical (unpaired) electrons. The van der Waals surface area contributed by atoms with Crippen LogP contribution in [0.3, 0.4) is 0 Å². The van der Waals surface area contributed by atoms with E-state index in [2.05, 4.69) is 29.2 Å². The lowest BCUT2D eigenvalue weighted by molar-refractivity contribution is 0.343. The smallest absolute Gasteiger partial charge is 0.186 e. The van der Waals surface area contributed by atoms with Gasteiger partial charge in [0.15, 0.2) is 11.1 Å². The van der Waals surface area contributed by atoms with E-state index in [0.717, 1.165) is 24.1 Å². The molecule has 2 aromatic carbocycles. The highest BCUT2D eigenvalue weighted by atomic mass is 32.2. The largest absolute Gasteiger partial charge is 0.303 e. The van der Waals surface area contributed by atoms with Crippen molar-refractivity contribution < 1.29 is 8.76 Å². The zero-order valence-corrected chi connectivity index (χ0v) is 13.4. The van der Waals surface area contributed by atoms with Crippen molar-refractivity contribution in [1.29, 1.82) is 0 Å². The summed E-state index contributed by atoms with van der Waals surface area (Å²) in [5, 5.41) is 0. The molecule has 1 fully saturated rings. The molecular formula is C18H21NO2S. The average Bonchev–Trinajstić information content (AvgIpc) is 3.07. The number of hydrogen-bond acceptors (Lipinski definition) is 2. The molecule has 22 heavy (non-hydrogen) atoms. The van der Waals surface area contributed by atoms with Crippen LogP contribution in [0, 0.1) is 0 Å². The minimum Gasteiger partial charge on any atom is -0.303 e. The predicted octanol–water partition coefficient (Wildman–Crippen LogP) is 3.57. The maximum atomic E-state index is 11.0. The van der Waals surface area contributed by atoms with Crippen LogP contribution in [-0.2, 0) is 17.5 Å². The Kier molecular flexibility index (Phi) is 5.03. The highest BCUT2D eigenvalue weighted by molar-refractivity contribution is 7.79. The molecule has 0 aliphatic carbocycles. The van der Waals surface area contributed by atoms with Gasteiger partial charge in [-0.2, -0.15) is 0 Å². The van der Waals surface area contributed by atoms with Crippen molar-refractivity contribution in [2.24, 2.45) is 0 Å². The van der Waals surface area contributed by atoms with Crippen molar-refractivity contribution in [3.05, 3.63) is 54.1 Å². The maximum absolute atomic E-state index is 11.0. The van der Waals surface area contributed by atoms with Crippen LogP contribution in [0.4, 0.5) is 0 Å². The number of benzene rings is 2. The molecule has 2 aromatic rings. The zero-order chi connectivity index (χ0) is 15.4. The minimum atomic E-state index is -1.91. The topological polar surface area (TPSA) is 40.5 Å². The van der Waals surface area contributed by atoms with E-state index in [-0.39, 0.29) is 0 Å². The minimum absolute atomic E-state index is 0.436. The van der Waals surface area contributed by atoms with Gasteiger partial charge in [-0.15, -0.1) is 0 Å². The molecule has 0 amide bonds. The van der Waals surface area contributed by atoms with Gasteiger partial charge >= 0.3 is 0 Å². The summed E-state index contributed by atoms with van der Waals surface area (Å²) in [6.45, 7) is 3.64. The van der Waals surface area contributed by atoms with Crippen molar-refractivity contribution >= 4 is 11.1 Å². The maximum Gasteiger partial charge on any atom is 0.186 e. The fourth-order valence-corrected chi connectivity index (χ4v) is 3.29. The Bertz CT molecular complexity index is 631. The van der Waals surface area contributed by atoms with Gasteiger partial charge in [-0.1, -0.05) is 36.4 Å². The van der Waals surface area contributed by atoms with Crippen molar-refractivity contribution in [2.45, 2.75) is 24.2 Å². The van der Waals surface area contributed by atoms with Crippen LogP contribution in [0.15, 0.2) is 53.4 Å². The van der Waals surface area contributed by atoms with Crippen LogP contribution in [0.25, 0.3) is 11.1 Å².